The molecule has 2 rings (SSSR count). The van der Waals surface area contributed by atoms with Crippen LogP contribution in [0.2, 0.25) is 0 Å². The Morgan fingerprint density at radius 1 is 1.56 bits per heavy atom. The van der Waals surface area contributed by atoms with Gasteiger partial charge >= 0.3 is 0 Å². The number of aromatic nitrogens is 1. The highest BCUT2D eigenvalue weighted by atomic mass is 79.9. The molecule has 0 spiro atoms. The highest BCUT2D eigenvalue weighted by Crippen LogP contribution is 2.53. The van der Waals surface area contributed by atoms with Crippen LogP contribution in [0.15, 0.2) is 22.8 Å². The van der Waals surface area contributed by atoms with Crippen LogP contribution in [0, 0.1) is 11.3 Å². The van der Waals surface area contributed by atoms with Crippen LogP contribution in [0.4, 0.5) is 0 Å². The summed E-state index contributed by atoms with van der Waals surface area (Å²) in [4.78, 5) is 4.44. The van der Waals surface area contributed by atoms with Crippen molar-refractivity contribution in [2.75, 3.05) is 7.05 Å². The average Bonchev–Trinajstić information content (AvgIpc) is 2.87. The van der Waals surface area contributed by atoms with Crippen LogP contribution in [0.25, 0.3) is 0 Å². The third-order valence-electron chi connectivity index (χ3n) is 3.66. The fraction of sp³-hybridized carbons (Fsp3) is 0.615. The topological polar surface area (TPSA) is 24.9 Å². The maximum atomic E-state index is 4.44. The van der Waals surface area contributed by atoms with E-state index in [9.17, 15) is 0 Å². The van der Waals surface area contributed by atoms with E-state index in [0.717, 1.165) is 16.8 Å². The lowest BCUT2D eigenvalue weighted by Gasteiger charge is -2.17. The van der Waals surface area contributed by atoms with Crippen LogP contribution in [0.5, 0.6) is 0 Å². The van der Waals surface area contributed by atoms with Gasteiger partial charge in [-0.2, -0.15) is 0 Å². The Morgan fingerprint density at radius 2 is 2.25 bits per heavy atom. The monoisotopic (exact) mass is 282 g/mol. The molecule has 2 atom stereocenters. The molecule has 0 bridgehead atoms. The van der Waals surface area contributed by atoms with Gasteiger partial charge in [0.15, 0.2) is 0 Å². The summed E-state index contributed by atoms with van der Waals surface area (Å²) >= 11 is 3.41. The number of hydrogen-bond donors (Lipinski definition) is 1. The lowest BCUT2D eigenvalue weighted by Crippen LogP contribution is -2.31. The average molecular weight is 283 g/mol. The summed E-state index contributed by atoms with van der Waals surface area (Å²) in [6.45, 7) is 4.69. The molecule has 1 aromatic rings. The Hall–Kier alpha value is -0.410. The molecule has 2 nitrogen and oxygen atoms in total. The first-order valence-corrected chi connectivity index (χ1v) is 6.60. The van der Waals surface area contributed by atoms with Gasteiger partial charge in [0.1, 0.15) is 0 Å². The molecule has 0 saturated heterocycles. The Bertz CT molecular complexity index is 359. The molecule has 3 heteroatoms. The van der Waals surface area contributed by atoms with E-state index < -0.39 is 0 Å². The van der Waals surface area contributed by atoms with Gasteiger partial charge in [-0.3, -0.25) is 4.98 Å². The molecule has 1 heterocycles. The van der Waals surface area contributed by atoms with Gasteiger partial charge in [0, 0.05) is 28.8 Å². The van der Waals surface area contributed by atoms with Gasteiger partial charge in [0.2, 0.25) is 0 Å². The molecule has 16 heavy (non-hydrogen) atoms. The Labute approximate surface area is 106 Å². The predicted octanol–water partition coefficient (Wildman–Crippen LogP) is 3.02. The standard InChI is InChI=1S/C13H19BrN2/c1-13(2)7-11(13)12(15-3)6-10-5-4-9(14)8-16-10/h4-5,8,11-12,15H,6-7H2,1-3H3. The fourth-order valence-electron chi connectivity index (χ4n) is 2.39. The van der Waals surface area contributed by atoms with Crippen LogP contribution < -0.4 is 5.32 Å². The number of likely N-dealkylation sites (N-methyl/N-ethyl adjacent to an activating group) is 1. The smallest absolute Gasteiger partial charge is 0.0420 e. The molecule has 0 aliphatic heterocycles. The largest absolute Gasteiger partial charge is 0.316 e. The zero-order valence-electron chi connectivity index (χ0n) is 10.1. The van der Waals surface area contributed by atoms with E-state index in [-0.39, 0.29) is 0 Å². The van der Waals surface area contributed by atoms with Crippen molar-refractivity contribution in [3.8, 4) is 0 Å². The molecule has 1 aliphatic rings. The van der Waals surface area contributed by atoms with Crippen molar-refractivity contribution in [2.24, 2.45) is 11.3 Å². The van der Waals surface area contributed by atoms with Crippen LogP contribution in [0.3, 0.4) is 0 Å². The maximum absolute atomic E-state index is 4.44. The summed E-state index contributed by atoms with van der Waals surface area (Å²) in [6, 6.07) is 4.72. The number of nitrogens with one attached hydrogen (secondary N) is 1. The van der Waals surface area contributed by atoms with E-state index in [2.05, 4.69) is 59.3 Å². The number of rotatable bonds is 4. The number of pyridine rings is 1. The first-order valence-electron chi connectivity index (χ1n) is 5.80. The van der Waals surface area contributed by atoms with Crippen LogP contribution >= 0.6 is 15.9 Å². The molecule has 0 amide bonds. The number of nitrogens with zero attached hydrogens (tertiary/aromatic N) is 1. The second-order valence-electron chi connectivity index (χ2n) is 5.37. The summed E-state index contributed by atoms with van der Waals surface area (Å²) in [7, 11) is 2.05. The van der Waals surface area contributed by atoms with Crippen molar-refractivity contribution in [1.82, 2.24) is 10.3 Å². The van der Waals surface area contributed by atoms with Crippen molar-refractivity contribution in [1.29, 1.82) is 0 Å². The van der Waals surface area contributed by atoms with E-state index in [4.69, 9.17) is 0 Å². The van der Waals surface area contributed by atoms with Gasteiger partial charge in [0.25, 0.3) is 0 Å². The molecule has 1 aromatic heterocycles. The maximum Gasteiger partial charge on any atom is 0.0420 e. The molecule has 88 valence electrons. The Morgan fingerprint density at radius 3 is 2.69 bits per heavy atom. The third-order valence-corrected chi connectivity index (χ3v) is 4.13. The zero-order valence-corrected chi connectivity index (χ0v) is 11.7. The number of halogens is 1. The predicted molar refractivity (Wildman–Crippen MR) is 70.4 cm³/mol. The second kappa shape index (κ2) is 4.46. The van der Waals surface area contributed by atoms with Gasteiger partial charge in [-0.15, -0.1) is 0 Å². The third kappa shape index (κ3) is 2.64. The van der Waals surface area contributed by atoms with Gasteiger partial charge < -0.3 is 5.32 Å². The van der Waals surface area contributed by atoms with E-state index in [1.165, 1.54) is 12.1 Å². The minimum Gasteiger partial charge on any atom is -0.316 e. The summed E-state index contributed by atoms with van der Waals surface area (Å²) < 4.78 is 1.05. The van der Waals surface area contributed by atoms with Gasteiger partial charge in [0.05, 0.1) is 0 Å². The Balaban J connectivity index is 2.00. The molecule has 1 N–H and O–H groups in total. The van der Waals surface area contributed by atoms with Crippen LogP contribution in [-0.2, 0) is 6.42 Å². The van der Waals surface area contributed by atoms with Gasteiger partial charge in [-0.25, -0.2) is 0 Å². The highest BCUT2D eigenvalue weighted by Gasteiger charge is 2.49. The minimum absolute atomic E-state index is 0.517. The van der Waals surface area contributed by atoms with E-state index in [0.29, 0.717) is 11.5 Å². The normalized spacial score (nSPS) is 24.1. The van der Waals surface area contributed by atoms with Crippen molar-refractivity contribution < 1.29 is 0 Å². The lowest BCUT2D eigenvalue weighted by atomic mass is 10.00. The van der Waals surface area contributed by atoms with Crippen LogP contribution in [-0.4, -0.2) is 18.1 Å². The quantitative estimate of drug-likeness (QED) is 0.918. The molecule has 2 unspecified atom stereocenters. The summed E-state index contributed by atoms with van der Waals surface area (Å²) in [6.07, 6.45) is 4.23. The molecular formula is C13H19BrN2. The fourth-order valence-corrected chi connectivity index (χ4v) is 2.63. The lowest BCUT2D eigenvalue weighted by molar-refractivity contribution is 0.423. The van der Waals surface area contributed by atoms with Crippen molar-refractivity contribution in [3.63, 3.8) is 0 Å². The molecule has 0 aromatic carbocycles. The molecule has 0 radical (unpaired) electrons. The van der Waals surface area contributed by atoms with Crippen molar-refractivity contribution >= 4 is 15.9 Å². The molecule has 1 aliphatic carbocycles. The summed E-state index contributed by atoms with van der Waals surface area (Å²) in [5, 5.41) is 3.43. The van der Waals surface area contributed by atoms with Crippen molar-refractivity contribution in [2.45, 2.75) is 32.7 Å². The van der Waals surface area contributed by atoms with Crippen molar-refractivity contribution in [3.05, 3.63) is 28.5 Å². The minimum atomic E-state index is 0.517. The van der Waals surface area contributed by atoms with E-state index >= 15 is 0 Å². The zero-order chi connectivity index (χ0) is 11.8. The molecular weight excluding hydrogens is 264 g/mol. The van der Waals surface area contributed by atoms with E-state index in [1.807, 2.05) is 6.20 Å². The second-order valence-corrected chi connectivity index (χ2v) is 6.28. The van der Waals surface area contributed by atoms with Gasteiger partial charge in [-0.05, 0) is 52.9 Å². The summed E-state index contributed by atoms with van der Waals surface area (Å²) in [5.41, 5.74) is 1.69. The number of hydrogen-bond acceptors (Lipinski definition) is 2. The first-order chi connectivity index (χ1) is 7.53. The first kappa shape index (κ1) is 12.1. The van der Waals surface area contributed by atoms with Gasteiger partial charge in [-0.1, -0.05) is 13.8 Å². The highest BCUT2D eigenvalue weighted by molar-refractivity contribution is 9.10. The van der Waals surface area contributed by atoms with E-state index in [1.54, 1.807) is 0 Å². The Kier molecular flexibility index (Phi) is 3.36. The molecule has 1 fully saturated rings. The SMILES string of the molecule is CNC(Cc1ccc(Br)cn1)C1CC1(C)C. The summed E-state index contributed by atoms with van der Waals surface area (Å²) in [5.74, 6) is 0.794. The molecule has 1 saturated carbocycles. The van der Waals surface area contributed by atoms with Crippen LogP contribution in [0.1, 0.15) is 26.0 Å².